The van der Waals surface area contributed by atoms with Crippen LogP contribution in [0.15, 0.2) is 42.5 Å². The van der Waals surface area contributed by atoms with E-state index in [0.717, 1.165) is 5.56 Å². The summed E-state index contributed by atoms with van der Waals surface area (Å²) >= 11 is 1.47. The topological polar surface area (TPSA) is 75.7 Å². The standard InChI is InChI=1S/C22H23FN2O4S/c1-3-29-21(28)11-10-19(26)24-16-7-5-15(6-8-16)22-25(20(27)13-30-22)17-9-4-14(2)18(23)12-17/h4-9,12,22H,3,10-11,13H2,1-2H3,(H,24,26). The van der Waals surface area contributed by atoms with Crippen molar-refractivity contribution in [3.63, 3.8) is 0 Å². The summed E-state index contributed by atoms with van der Waals surface area (Å²) in [6, 6.07) is 11.9. The molecule has 0 spiro atoms. The van der Waals surface area contributed by atoms with Crippen LogP contribution >= 0.6 is 11.8 Å². The second kappa shape index (κ2) is 9.75. The second-order valence-corrected chi connectivity index (χ2v) is 7.90. The predicted molar refractivity (Wildman–Crippen MR) is 115 cm³/mol. The molecular formula is C22H23FN2O4S. The van der Waals surface area contributed by atoms with E-state index in [-0.39, 0.29) is 42.5 Å². The van der Waals surface area contributed by atoms with E-state index < -0.39 is 5.97 Å². The van der Waals surface area contributed by atoms with Crippen LogP contribution in [0.4, 0.5) is 15.8 Å². The summed E-state index contributed by atoms with van der Waals surface area (Å²) in [4.78, 5) is 37.4. The zero-order valence-corrected chi connectivity index (χ0v) is 17.6. The number of esters is 1. The number of benzene rings is 2. The van der Waals surface area contributed by atoms with Crippen molar-refractivity contribution in [3.8, 4) is 0 Å². The van der Waals surface area contributed by atoms with Gasteiger partial charge in [0, 0.05) is 17.8 Å². The fraction of sp³-hybridized carbons (Fsp3) is 0.318. The van der Waals surface area contributed by atoms with E-state index in [1.807, 2.05) is 12.1 Å². The lowest BCUT2D eigenvalue weighted by Crippen LogP contribution is -2.28. The summed E-state index contributed by atoms with van der Waals surface area (Å²) in [5, 5.41) is 2.47. The third-order valence-corrected chi connectivity index (χ3v) is 5.85. The molecule has 1 heterocycles. The third-order valence-electron chi connectivity index (χ3n) is 4.64. The predicted octanol–water partition coefficient (Wildman–Crippen LogP) is 4.19. The molecule has 1 N–H and O–H groups in total. The minimum atomic E-state index is -0.404. The van der Waals surface area contributed by atoms with Crippen LogP contribution in [0.1, 0.15) is 36.3 Å². The normalized spacial score (nSPS) is 15.9. The van der Waals surface area contributed by atoms with Crippen molar-refractivity contribution < 1.29 is 23.5 Å². The van der Waals surface area contributed by atoms with Crippen LogP contribution in [0.5, 0.6) is 0 Å². The Bertz CT molecular complexity index is 949. The summed E-state index contributed by atoms with van der Waals surface area (Å²) in [6.07, 6.45) is 0.0704. The number of rotatable bonds is 7. The zero-order chi connectivity index (χ0) is 21.7. The molecule has 1 atom stereocenters. The van der Waals surface area contributed by atoms with Crippen LogP contribution in [-0.4, -0.2) is 30.1 Å². The Labute approximate surface area is 178 Å². The van der Waals surface area contributed by atoms with Crippen molar-refractivity contribution in [2.24, 2.45) is 0 Å². The van der Waals surface area contributed by atoms with Crippen LogP contribution < -0.4 is 10.2 Å². The summed E-state index contributed by atoms with van der Waals surface area (Å²) < 4.78 is 18.8. The maximum atomic E-state index is 14.0. The number of amides is 2. The zero-order valence-electron chi connectivity index (χ0n) is 16.8. The molecule has 2 aromatic rings. The van der Waals surface area contributed by atoms with Crippen molar-refractivity contribution in [1.82, 2.24) is 0 Å². The lowest BCUT2D eigenvalue weighted by Gasteiger charge is -2.24. The summed E-state index contributed by atoms with van der Waals surface area (Å²) in [6.45, 7) is 3.68. The molecule has 0 bridgehead atoms. The van der Waals surface area contributed by atoms with Gasteiger partial charge in [-0.05, 0) is 49.2 Å². The van der Waals surface area contributed by atoms with Crippen LogP contribution in [0.25, 0.3) is 0 Å². The molecule has 6 nitrogen and oxygen atoms in total. The average molecular weight is 431 g/mol. The van der Waals surface area contributed by atoms with Gasteiger partial charge in [0.2, 0.25) is 11.8 Å². The van der Waals surface area contributed by atoms with Crippen molar-refractivity contribution >= 4 is 40.9 Å². The Morgan fingerprint density at radius 1 is 1.20 bits per heavy atom. The highest BCUT2D eigenvalue weighted by atomic mass is 32.2. The Morgan fingerprint density at radius 2 is 1.93 bits per heavy atom. The number of carbonyl (C=O) groups is 3. The largest absolute Gasteiger partial charge is 0.466 e. The number of nitrogens with zero attached hydrogens (tertiary/aromatic N) is 1. The first-order valence-electron chi connectivity index (χ1n) is 9.64. The Balaban J connectivity index is 1.67. The van der Waals surface area contributed by atoms with Crippen LogP contribution in [0.3, 0.4) is 0 Å². The molecule has 0 aromatic heterocycles. The minimum absolute atomic E-state index is 0.0284. The van der Waals surface area contributed by atoms with Gasteiger partial charge in [-0.25, -0.2) is 4.39 Å². The second-order valence-electron chi connectivity index (χ2n) is 6.84. The monoisotopic (exact) mass is 430 g/mol. The molecule has 1 saturated heterocycles. The van der Waals surface area contributed by atoms with Gasteiger partial charge >= 0.3 is 5.97 Å². The third kappa shape index (κ3) is 5.18. The lowest BCUT2D eigenvalue weighted by atomic mass is 10.1. The van der Waals surface area contributed by atoms with Crippen LogP contribution in [-0.2, 0) is 19.1 Å². The van der Waals surface area contributed by atoms with Gasteiger partial charge < -0.3 is 10.1 Å². The van der Waals surface area contributed by atoms with Crippen LogP contribution in [0.2, 0.25) is 0 Å². The number of hydrogen-bond donors (Lipinski definition) is 1. The molecule has 1 aliphatic heterocycles. The summed E-state index contributed by atoms with van der Waals surface area (Å²) in [5.41, 5.74) is 2.51. The van der Waals surface area contributed by atoms with Crippen molar-refractivity contribution in [3.05, 3.63) is 59.4 Å². The molecule has 1 aliphatic rings. The highest BCUT2D eigenvalue weighted by Crippen LogP contribution is 2.42. The molecule has 1 fully saturated rings. The Kier molecular flexibility index (Phi) is 7.10. The van der Waals surface area contributed by atoms with E-state index in [2.05, 4.69) is 5.32 Å². The SMILES string of the molecule is CCOC(=O)CCC(=O)Nc1ccc(C2SCC(=O)N2c2ccc(C)c(F)c2)cc1. The quantitative estimate of drug-likeness (QED) is 0.667. The van der Waals surface area contributed by atoms with Gasteiger partial charge in [-0.1, -0.05) is 18.2 Å². The fourth-order valence-electron chi connectivity index (χ4n) is 3.08. The highest BCUT2D eigenvalue weighted by Gasteiger charge is 2.34. The molecular weight excluding hydrogens is 407 g/mol. The molecule has 0 aliphatic carbocycles. The molecule has 0 radical (unpaired) electrons. The Hall–Kier alpha value is -2.87. The number of halogens is 1. The molecule has 2 amide bonds. The van der Waals surface area contributed by atoms with Gasteiger partial charge in [-0.15, -0.1) is 11.8 Å². The molecule has 158 valence electrons. The fourth-order valence-corrected chi connectivity index (χ4v) is 4.26. The maximum Gasteiger partial charge on any atom is 0.306 e. The van der Waals surface area contributed by atoms with Gasteiger partial charge in [0.15, 0.2) is 0 Å². The van der Waals surface area contributed by atoms with Crippen LogP contribution in [0, 0.1) is 12.7 Å². The van der Waals surface area contributed by atoms with Crippen molar-refractivity contribution in [1.29, 1.82) is 0 Å². The van der Waals surface area contributed by atoms with E-state index in [9.17, 15) is 18.8 Å². The molecule has 8 heteroatoms. The number of aryl methyl sites for hydroxylation is 1. The van der Waals surface area contributed by atoms with Gasteiger partial charge in [-0.2, -0.15) is 0 Å². The molecule has 2 aromatic carbocycles. The number of ether oxygens (including phenoxy) is 1. The van der Waals surface area contributed by atoms with E-state index in [4.69, 9.17) is 4.74 Å². The summed E-state index contributed by atoms with van der Waals surface area (Å²) in [7, 11) is 0. The number of carbonyl (C=O) groups excluding carboxylic acids is 3. The van der Waals surface area contributed by atoms with Crippen molar-refractivity contribution in [2.45, 2.75) is 32.1 Å². The Morgan fingerprint density at radius 3 is 2.60 bits per heavy atom. The lowest BCUT2D eigenvalue weighted by molar-refractivity contribution is -0.144. The first kappa shape index (κ1) is 21.8. The highest BCUT2D eigenvalue weighted by molar-refractivity contribution is 8.00. The number of hydrogen-bond acceptors (Lipinski definition) is 5. The van der Waals surface area contributed by atoms with Crippen molar-refractivity contribution in [2.75, 3.05) is 22.6 Å². The molecule has 1 unspecified atom stereocenters. The number of anilines is 2. The first-order valence-corrected chi connectivity index (χ1v) is 10.7. The van der Waals surface area contributed by atoms with Gasteiger partial charge in [-0.3, -0.25) is 19.3 Å². The molecule has 3 rings (SSSR count). The van der Waals surface area contributed by atoms with Gasteiger partial charge in [0.05, 0.1) is 18.8 Å². The number of thioether (sulfide) groups is 1. The first-order chi connectivity index (χ1) is 14.4. The van der Waals surface area contributed by atoms with Gasteiger partial charge in [0.1, 0.15) is 11.2 Å². The molecule has 30 heavy (non-hydrogen) atoms. The van der Waals surface area contributed by atoms with E-state index in [1.165, 1.54) is 17.8 Å². The molecule has 0 saturated carbocycles. The smallest absolute Gasteiger partial charge is 0.306 e. The minimum Gasteiger partial charge on any atom is -0.466 e. The average Bonchev–Trinajstić information content (AvgIpc) is 3.11. The van der Waals surface area contributed by atoms with E-state index >= 15 is 0 Å². The van der Waals surface area contributed by atoms with E-state index in [1.54, 1.807) is 43.0 Å². The maximum absolute atomic E-state index is 14.0. The van der Waals surface area contributed by atoms with Gasteiger partial charge in [0.25, 0.3) is 0 Å². The number of nitrogens with one attached hydrogen (secondary N) is 1. The summed E-state index contributed by atoms with van der Waals surface area (Å²) in [5.74, 6) is -0.801. The van der Waals surface area contributed by atoms with E-state index in [0.29, 0.717) is 22.7 Å².